The van der Waals surface area contributed by atoms with Gasteiger partial charge < -0.3 is 15.2 Å². The third-order valence-corrected chi connectivity index (χ3v) is 3.27. The quantitative estimate of drug-likeness (QED) is 0.418. The van der Waals surface area contributed by atoms with E-state index in [1.807, 2.05) is 0 Å². The number of methoxy groups -OCH3 is 1. The van der Waals surface area contributed by atoms with E-state index >= 15 is 0 Å². The summed E-state index contributed by atoms with van der Waals surface area (Å²) in [5.41, 5.74) is 3.37. The Hall–Kier alpha value is -3.06. The van der Waals surface area contributed by atoms with Gasteiger partial charge in [-0.25, -0.2) is 5.43 Å². The fourth-order valence-electron chi connectivity index (χ4n) is 1.91. The molecule has 7 nitrogen and oxygen atoms in total. The molecule has 2 aromatic carbocycles. The average molecular weight is 362 g/mol. The molecular weight excluding hydrogens is 346 g/mol. The Morgan fingerprint density at radius 3 is 2.76 bits per heavy atom. The number of rotatable bonds is 6. The molecule has 25 heavy (non-hydrogen) atoms. The minimum atomic E-state index is -0.568. The number of phenols is 1. The van der Waals surface area contributed by atoms with E-state index in [9.17, 15) is 14.7 Å². The first-order valence-electron chi connectivity index (χ1n) is 7.22. The van der Waals surface area contributed by atoms with Gasteiger partial charge in [-0.3, -0.25) is 9.59 Å². The Morgan fingerprint density at radius 2 is 2.04 bits per heavy atom. The monoisotopic (exact) mass is 361 g/mol. The van der Waals surface area contributed by atoms with Crippen LogP contribution >= 0.6 is 11.6 Å². The van der Waals surface area contributed by atoms with Crippen molar-refractivity contribution < 1.29 is 19.4 Å². The molecule has 0 unspecified atom stereocenters. The van der Waals surface area contributed by atoms with Gasteiger partial charge in [-0.2, -0.15) is 5.10 Å². The molecule has 0 radical (unpaired) electrons. The van der Waals surface area contributed by atoms with Crippen molar-refractivity contribution in [1.82, 2.24) is 5.43 Å². The van der Waals surface area contributed by atoms with Gasteiger partial charge in [0.05, 0.1) is 13.3 Å². The van der Waals surface area contributed by atoms with Crippen LogP contribution in [0.5, 0.6) is 11.5 Å². The molecule has 0 saturated heterocycles. The first kappa shape index (κ1) is 18.3. The first-order chi connectivity index (χ1) is 12.0. The number of ether oxygens (including phenoxy) is 1. The topological polar surface area (TPSA) is 100 Å². The molecule has 0 atom stereocenters. The van der Waals surface area contributed by atoms with E-state index in [0.29, 0.717) is 16.3 Å². The summed E-state index contributed by atoms with van der Waals surface area (Å²) >= 11 is 5.82. The Balaban J connectivity index is 1.84. The molecular formula is C17H16ClN3O4. The zero-order chi connectivity index (χ0) is 18.2. The van der Waals surface area contributed by atoms with E-state index in [1.165, 1.54) is 19.4 Å². The van der Waals surface area contributed by atoms with Crippen molar-refractivity contribution in [2.75, 3.05) is 12.4 Å². The molecule has 0 fully saturated rings. The maximum absolute atomic E-state index is 11.8. The molecule has 130 valence electrons. The zero-order valence-corrected chi connectivity index (χ0v) is 14.1. The van der Waals surface area contributed by atoms with Gasteiger partial charge in [0, 0.05) is 10.7 Å². The summed E-state index contributed by atoms with van der Waals surface area (Å²) in [5, 5.41) is 16.3. The van der Waals surface area contributed by atoms with Crippen molar-refractivity contribution in [2.45, 2.75) is 6.42 Å². The molecule has 2 amide bonds. The van der Waals surface area contributed by atoms with Crippen LogP contribution in [0.25, 0.3) is 0 Å². The van der Waals surface area contributed by atoms with E-state index < -0.39 is 11.8 Å². The second-order valence-corrected chi connectivity index (χ2v) is 5.40. The van der Waals surface area contributed by atoms with Crippen LogP contribution in [0.1, 0.15) is 12.0 Å². The molecule has 2 aromatic rings. The lowest BCUT2D eigenvalue weighted by Crippen LogP contribution is -2.24. The van der Waals surface area contributed by atoms with Crippen molar-refractivity contribution in [1.29, 1.82) is 0 Å². The van der Waals surface area contributed by atoms with Crippen LogP contribution < -0.4 is 15.5 Å². The van der Waals surface area contributed by atoms with Gasteiger partial charge in [-0.1, -0.05) is 17.7 Å². The van der Waals surface area contributed by atoms with Crippen molar-refractivity contribution in [2.24, 2.45) is 5.10 Å². The summed E-state index contributed by atoms with van der Waals surface area (Å²) in [7, 11) is 1.43. The summed E-state index contributed by atoms with van der Waals surface area (Å²) in [4.78, 5) is 23.5. The van der Waals surface area contributed by atoms with E-state index in [-0.39, 0.29) is 17.9 Å². The van der Waals surface area contributed by atoms with E-state index in [1.54, 1.807) is 36.4 Å². The van der Waals surface area contributed by atoms with Crippen molar-refractivity contribution in [3.63, 3.8) is 0 Å². The van der Waals surface area contributed by atoms with Crippen molar-refractivity contribution in [3.8, 4) is 11.5 Å². The second-order valence-electron chi connectivity index (χ2n) is 4.96. The third kappa shape index (κ3) is 5.82. The van der Waals surface area contributed by atoms with Gasteiger partial charge >= 0.3 is 0 Å². The molecule has 0 saturated carbocycles. The highest BCUT2D eigenvalue weighted by molar-refractivity contribution is 6.30. The number of benzene rings is 2. The van der Waals surface area contributed by atoms with Crippen molar-refractivity contribution in [3.05, 3.63) is 53.1 Å². The summed E-state index contributed by atoms with van der Waals surface area (Å²) in [6.07, 6.45) is 0.984. The normalized spacial score (nSPS) is 10.5. The smallest absolute Gasteiger partial charge is 0.249 e. The summed E-state index contributed by atoms with van der Waals surface area (Å²) < 4.78 is 4.97. The number of anilines is 1. The van der Waals surface area contributed by atoms with Crippen LogP contribution in [0.2, 0.25) is 5.02 Å². The standard InChI is InChI=1S/C17H16ClN3O4/c1-25-15-7-11(5-6-14(15)22)10-19-21-17(24)9-16(23)20-13-4-2-3-12(18)8-13/h2-8,10,22H,9H2,1H3,(H,20,23)(H,21,24)/b19-10+. The fraction of sp³-hybridized carbons (Fsp3) is 0.118. The molecule has 0 spiro atoms. The highest BCUT2D eigenvalue weighted by Gasteiger charge is 2.09. The van der Waals surface area contributed by atoms with Gasteiger partial charge in [0.15, 0.2) is 11.5 Å². The predicted molar refractivity (Wildman–Crippen MR) is 95.1 cm³/mol. The van der Waals surface area contributed by atoms with Crippen LogP contribution in [0.3, 0.4) is 0 Å². The molecule has 0 aliphatic heterocycles. The van der Waals surface area contributed by atoms with E-state index in [0.717, 1.165) is 0 Å². The Kier molecular flexibility index (Phi) is 6.36. The molecule has 0 aliphatic carbocycles. The summed E-state index contributed by atoms with van der Waals surface area (Å²) in [5.74, 6) is -0.764. The number of carbonyl (C=O) groups is 2. The van der Waals surface area contributed by atoms with E-state index in [2.05, 4.69) is 15.8 Å². The first-order valence-corrected chi connectivity index (χ1v) is 7.60. The Labute approximate surface area is 149 Å². The lowest BCUT2D eigenvalue weighted by molar-refractivity contribution is -0.126. The highest BCUT2D eigenvalue weighted by atomic mass is 35.5. The molecule has 0 aliphatic rings. The van der Waals surface area contributed by atoms with Gasteiger partial charge in [0.2, 0.25) is 11.8 Å². The highest BCUT2D eigenvalue weighted by Crippen LogP contribution is 2.25. The number of hydrazone groups is 1. The summed E-state index contributed by atoms with van der Waals surface area (Å²) in [6, 6.07) is 11.2. The zero-order valence-electron chi connectivity index (χ0n) is 13.3. The largest absolute Gasteiger partial charge is 0.504 e. The lowest BCUT2D eigenvalue weighted by atomic mass is 10.2. The number of amides is 2. The maximum Gasteiger partial charge on any atom is 0.249 e. The predicted octanol–water partition coefficient (Wildman–Crippen LogP) is 2.53. The average Bonchev–Trinajstić information content (AvgIpc) is 2.56. The van der Waals surface area contributed by atoms with Gasteiger partial charge in [0.25, 0.3) is 0 Å². The molecule has 8 heteroatoms. The molecule has 0 bridgehead atoms. The number of nitrogens with zero attached hydrogens (tertiary/aromatic N) is 1. The van der Waals surface area contributed by atoms with Crippen LogP contribution in [-0.4, -0.2) is 30.2 Å². The number of hydrogen-bond acceptors (Lipinski definition) is 5. The third-order valence-electron chi connectivity index (χ3n) is 3.04. The Bertz CT molecular complexity index is 808. The number of aromatic hydroxyl groups is 1. The maximum atomic E-state index is 11.8. The number of nitrogens with one attached hydrogen (secondary N) is 2. The molecule has 0 heterocycles. The van der Waals surface area contributed by atoms with Gasteiger partial charge in [-0.05, 0) is 42.0 Å². The molecule has 0 aromatic heterocycles. The van der Waals surface area contributed by atoms with Crippen LogP contribution in [-0.2, 0) is 9.59 Å². The SMILES string of the molecule is COc1cc(/C=N/NC(=O)CC(=O)Nc2cccc(Cl)c2)ccc1O. The fourth-order valence-corrected chi connectivity index (χ4v) is 2.10. The van der Waals surface area contributed by atoms with Crippen LogP contribution in [0.4, 0.5) is 5.69 Å². The van der Waals surface area contributed by atoms with Crippen LogP contribution in [0, 0.1) is 0 Å². The number of hydrogen-bond donors (Lipinski definition) is 3. The molecule has 2 rings (SSSR count). The van der Waals surface area contributed by atoms with Gasteiger partial charge in [0.1, 0.15) is 6.42 Å². The minimum Gasteiger partial charge on any atom is -0.504 e. The minimum absolute atomic E-state index is 0.00127. The Morgan fingerprint density at radius 1 is 1.24 bits per heavy atom. The van der Waals surface area contributed by atoms with E-state index in [4.69, 9.17) is 16.3 Å². The number of carbonyl (C=O) groups excluding carboxylic acids is 2. The van der Waals surface area contributed by atoms with Crippen molar-refractivity contribution >= 4 is 35.3 Å². The second kappa shape index (κ2) is 8.70. The van der Waals surface area contributed by atoms with Crippen LogP contribution in [0.15, 0.2) is 47.6 Å². The summed E-state index contributed by atoms with van der Waals surface area (Å²) in [6.45, 7) is 0. The van der Waals surface area contributed by atoms with Gasteiger partial charge in [-0.15, -0.1) is 0 Å². The molecule has 3 N–H and O–H groups in total. The lowest BCUT2D eigenvalue weighted by Gasteiger charge is -2.05. The number of phenolic OH excluding ortho intramolecular Hbond substituents is 1. The number of halogens is 1.